The van der Waals surface area contributed by atoms with Crippen molar-refractivity contribution in [3.8, 4) is 0 Å². The third kappa shape index (κ3) is 7.52. The fourth-order valence-electron chi connectivity index (χ4n) is 5.25. The molecular formula is C24H46Cl2N4O4. The molecule has 4 aliphatic heterocycles. The quantitative estimate of drug-likeness (QED) is 0.501. The van der Waals surface area contributed by atoms with Crippen molar-refractivity contribution in [3.63, 3.8) is 0 Å². The number of rotatable bonds is 0. The van der Waals surface area contributed by atoms with Crippen molar-refractivity contribution in [2.24, 2.45) is 22.7 Å². The topological polar surface area (TPSA) is 83.1 Å². The van der Waals surface area contributed by atoms with Gasteiger partial charge in [0.1, 0.15) is 11.2 Å². The summed E-state index contributed by atoms with van der Waals surface area (Å²) in [7, 11) is 0. The van der Waals surface area contributed by atoms with Gasteiger partial charge in [-0.3, -0.25) is 0 Å². The van der Waals surface area contributed by atoms with Gasteiger partial charge in [0.15, 0.2) is 0 Å². The highest BCUT2D eigenvalue weighted by molar-refractivity contribution is 5.85. The predicted octanol–water partition coefficient (Wildman–Crippen LogP) is 3.77. The Morgan fingerprint density at radius 1 is 0.735 bits per heavy atom. The fourth-order valence-corrected chi connectivity index (χ4v) is 5.25. The lowest BCUT2D eigenvalue weighted by Crippen LogP contribution is -2.38. The number of hydrogen-bond donors (Lipinski definition) is 2. The first-order valence-corrected chi connectivity index (χ1v) is 12.0. The molecule has 0 spiro atoms. The van der Waals surface area contributed by atoms with Crippen LogP contribution in [0.25, 0.3) is 0 Å². The number of fused-ring (bicyclic) bond motifs is 2. The molecule has 0 aliphatic carbocycles. The minimum absolute atomic E-state index is 0. The molecule has 4 saturated heterocycles. The highest BCUT2D eigenvalue weighted by atomic mass is 35.5. The molecule has 4 aliphatic rings. The Morgan fingerprint density at radius 2 is 1.06 bits per heavy atom. The van der Waals surface area contributed by atoms with Gasteiger partial charge in [-0.15, -0.1) is 24.8 Å². The Morgan fingerprint density at radius 3 is 1.32 bits per heavy atom. The van der Waals surface area contributed by atoms with E-state index in [2.05, 4.69) is 24.5 Å². The number of carbonyl (C=O) groups is 2. The standard InChI is InChI=1S/2C12H22N2O2.2ClH/c2*1-11(2,3)16-10(15)14-6-9-5-13-7-12(9,4)8-14;;/h2*9,13H,5-8H2,1-4H3;2*1H/t2*9-,12-;;/m10../s1. The normalized spacial score (nSPS) is 32.0. The molecule has 10 heteroatoms. The summed E-state index contributed by atoms with van der Waals surface area (Å²) in [6, 6.07) is 0. The van der Waals surface area contributed by atoms with Crippen molar-refractivity contribution in [1.29, 1.82) is 0 Å². The number of halogens is 2. The molecule has 0 bridgehead atoms. The lowest BCUT2D eigenvalue weighted by Gasteiger charge is -2.26. The lowest BCUT2D eigenvalue weighted by atomic mass is 9.83. The molecule has 4 fully saturated rings. The van der Waals surface area contributed by atoms with Crippen LogP contribution in [0.1, 0.15) is 55.4 Å². The van der Waals surface area contributed by atoms with E-state index in [9.17, 15) is 9.59 Å². The number of ether oxygens (including phenoxy) is 2. The molecule has 2 amide bonds. The first kappa shape index (κ1) is 31.1. The summed E-state index contributed by atoms with van der Waals surface area (Å²) in [5, 5.41) is 6.79. The highest BCUT2D eigenvalue weighted by Crippen LogP contribution is 2.39. The summed E-state index contributed by atoms with van der Waals surface area (Å²) in [4.78, 5) is 27.6. The molecule has 0 radical (unpaired) electrons. The van der Waals surface area contributed by atoms with E-state index in [4.69, 9.17) is 9.47 Å². The number of nitrogens with one attached hydrogen (secondary N) is 2. The molecule has 0 aromatic carbocycles. The van der Waals surface area contributed by atoms with E-state index >= 15 is 0 Å². The third-order valence-corrected chi connectivity index (χ3v) is 7.10. The molecule has 0 saturated carbocycles. The minimum atomic E-state index is -0.395. The first-order valence-electron chi connectivity index (χ1n) is 12.0. The number of nitrogens with zero attached hydrogens (tertiary/aromatic N) is 2. The van der Waals surface area contributed by atoms with Gasteiger partial charge in [0.05, 0.1) is 0 Å². The fraction of sp³-hybridized carbons (Fsp3) is 0.917. The van der Waals surface area contributed by atoms with Crippen LogP contribution < -0.4 is 10.6 Å². The molecule has 2 N–H and O–H groups in total. The van der Waals surface area contributed by atoms with Crippen LogP contribution in [0.15, 0.2) is 0 Å². The molecule has 0 aromatic rings. The van der Waals surface area contributed by atoms with Crippen molar-refractivity contribution in [2.75, 3.05) is 52.4 Å². The second kappa shape index (κ2) is 11.0. The molecule has 4 rings (SSSR count). The molecule has 4 atom stereocenters. The zero-order valence-electron chi connectivity index (χ0n) is 22.2. The number of hydrogen-bond acceptors (Lipinski definition) is 6. The molecule has 34 heavy (non-hydrogen) atoms. The van der Waals surface area contributed by atoms with Crippen molar-refractivity contribution in [3.05, 3.63) is 0 Å². The summed E-state index contributed by atoms with van der Waals surface area (Å²) in [5.74, 6) is 1.17. The van der Waals surface area contributed by atoms with Gasteiger partial charge >= 0.3 is 12.2 Å². The van der Waals surface area contributed by atoms with Crippen LogP contribution in [0.5, 0.6) is 0 Å². The summed E-state index contributed by atoms with van der Waals surface area (Å²) in [5.41, 5.74) is -0.296. The zero-order chi connectivity index (χ0) is 23.9. The smallest absolute Gasteiger partial charge is 0.410 e. The second-order valence-corrected chi connectivity index (χ2v) is 12.7. The maximum atomic E-state index is 11.9. The van der Waals surface area contributed by atoms with E-state index in [0.717, 1.165) is 52.4 Å². The number of likely N-dealkylation sites (tertiary alicyclic amines) is 2. The highest BCUT2D eigenvalue weighted by Gasteiger charge is 2.49. The average molecular weight is 526 g/mol. The van der Waals surface area contributed by atoms with Crippen LogP contribution in [0.3, 0.4) is 0 Å². The molecule has 8 nitrogen and oxygen atoms in total. The van der Waals surface area contributed by atoms with Gasteiger partial charge in [0.2, 0.25) is 0 Å². The van der Waals surface area contributed by atoms with E-state index in [1.165, 1.54) is 0 Å². The summed E-state index contributed by atoms with van der Waals surface area (Å²) >= 11 is 0. The van der Waals surface area contributed by atoms with Crippen LogP contribution in [0.4, 0.5) is 9.59 Å². The Kier molecular flexibility index (Phi) is 10.0. The molecule has 4 heterocycles. The zero-order valence-corrected chi connectivity index (χ0v) is 23.8. The largest absolute Gasteiger partial charge is 0.444 e. The van der Waals surface area contributed by atoms with Gasteiger partial charge in [-0.05, 0) is 53.4 Å². The molecular weight excluding hydrogens is 479 g/mol. The Labute approximate surface area is 218 Å². The van der Waals surface area contributed by atoms with Gasteiger partial charge in [-0.2, -0.15) is 0 Å². The third-order valence-electron chi connectivity index (χ3n) is 7.10. The maximum Gasteiger partial charge on any atom is 0.410 e. The minimum Gasteiger partial charge on any atom is -0.444 e. The van der Waals surface area contributed by atoms with Gasteiger partial charge in [-0.25, -0.2) is 9.59 Å². The Balaban J connectivity index is 0.000000321. The number of carbonyl (C=O) groups excluding carboxylic acids is 2. The first-order chi connectivity index (χ1) is 14.6. The second-order valence-electron chi connectivity index (χ2n) is 12.7. The van der Waals surface area contributed by atoms with Gasteiger partial charge < -0.3 is 29.9 Å². The van der Waals surface area contributed by atoms with E-state index in [0.29, 0.717) is 11.8 Å². The van der Waals surface area contributed by atoms with Crippen molar-refractivity contribution < 1.29 is 19.1 Å². The van der Waals surface area contributed by atoms with Gasteiger partial charge in [-0.1, -0.05) is 13.8 Å². The Hall–Kier alpha value is -0.960. The molecule has 0 aromatic heterocycles. The van der Waals surface area contributed by atoms with Crippen molar-refractivity contribution in [1.82, 2.24) is 20.4 Å². The van der Waals surface area contributed by atoms with Crippen LogP contribution in [0.2, 0.25) is 0 Å². The average Bonchev–Trinajstić information content (AvgIpc) is 3.29. The van der Waals surface area contributed by atoms with Crippen LogP contribution in [-0.2, 0) is 9.47 Å². The maximum absolute atomic E-state index is 11.9. The van der Waals surface area contributed by atoms with E-state index in [-0.39, 0.29) is 47.8 Å². The van der Waals surface area contributed by atoms with E-state index < -0.39 is 11.2 Å². The van der Waals surface area contributed by atoms with Gasteiger partial charge in [0.25, 0.3) is 0 Å². The SMILES string of the molecule is CC(C)(C)OC(=O)N1C[C@@H]2CNC[C@@]2(C)C1.CC(C)(C)OC(=O)N1C[C@H]2CNC[C@]2(C)C1.Cl.Cl. The van der Waals surface area contributed by atoms with Crippen LogP contribution in [-0.4, -0.2) is 85.5 Å². The summed E-state index contributed by atoms with van der Waals surface area (Å²) < 4.78 is 10.8. The Bertz CT molecular complexity index is 667. The molecule has 0 unspecified atom stereocenters. The van der Waals surface area contributed by atoms with Crippen molar-refractivity contribution in [2.45, 2.75) is 66.6 Å². The lowest BCUT2D eigenvalue weighted by molar-refractivity contribution is 0.0262. The van der Waals surface area contributed by atoms with Gasteiger partial charge in [0, 0.05) is 63.2 Å². The van der Waals surface area contributed by atoms with E-state index in [1.807, 2.05) is 51.3 Å². The predicted molar refractivity (Wildman–Crippen MR) is 139 cm³/mol. The monoisotopic (exact) mass is 524 g/mol. The summed E-state index contributed by atoms with van der Waals surface area (Å²) in [6.45, 7) is 23.3. The number of amides is 2. The van der Waals surface area contributed by atoms with Crippen LogP contribution >= 0.6 is 24.8 Å². The van der Waals surface area contributed by atoms with Crippen molar-refractivity contribution >= 4 is 37.0 Å². The van der Waals surface area contributed by atoms with E-state index in [1.54, 1.807) is 0 Å². The molecule has 200 valence electrons. The van der Waals surface area contributed by atoms with Crippen LogP contribution in [0, 0.1) is 22.7 Å². The summed E-state index contributed by atoms with van der Waals surface area (Å²) in [6.07, 6.45) is -0.328.